The first-order chi connectivity index (χ1) is 27.0. The van der Waals surface area contributed by atoms with Crippen molar-refractivity contribution in [2.24, 2.45) is 5.92 Å². The summed E-state index contributed by atoms with van der Waals surface area (Å²) in [4.78, 5) is 70.2. The first-order valence-corrected chi connectivity index (χ1v) is 18.6. The Bertz CT molecular complexity index is 2240. The van der Waals surface area contributed by atoms with E-state index in [0.29, 0.717) is 53.5 Å². The zero-order valence-corrected chi connectivity index (χ0v) is 32.0. The molecule has 2 aliphatic rings. The standard InChI is InChI=1S/C41H45FN8O6/c1-6-7-10-30(47-40(53)55-4)38(51)49-19-8-11-33(49)36-43-23-32(46-36)27-17-15-25(21-28(27)42)13-14-26-16-18-29-31(22-26)45-37(44-29)34-12-9-20-50(34)39(52)35(24(2)3)48-41(54)56-5/h15-18,21-24,30,33-35H,8-12,19-20H2,1-5H3,(H,43,46)(H,44,45)(H,47,53)(H,48,54)/t30-,33-,34-,35?/m0/s1. The molecule has 0 radical (unpaired) electrons. The number of methoxy groups -OCH3 is 2. The number of carbonyl (C=O) groups excluding carboxylic acids is 4. The van der Waals surface area contributed by atoms with Crippen molar-refractivity contribution in [2.75, 3.05) is 27.3 Å². The number of benzene rings is 2. The van der Waals surface area contributed by atoms with Gasteiger partial charge in [0.15, 0.2) is 0 Å². The predicted molar refractivity (Wildman–Crippen MR) is 205 cm³/mol. The third kappa shape index (κ3) is 8.62. The van der Waals surface area contributed by atoms with Crippen LogP contribution in [0.3, 0.4) is 0 Å². The average Bonchev–Trinajstić information content (AvgIpc) is 4.03. The van der Waals surface area contributed by atoms with E-state index in [9.17, 15) is 19.2 Å². The molecule has 2 aromatic heterocycles. The molecule has 1 unspecified atom stereocenters. The highest BCUT2D eigenvalue weighted by atomic mass is 19.1. The third-order valence-corrected chi connectivity index (χ3v) is 10.1. The Morgan fingerprint density at radius 3 is 2.20 bits per heavy atom. The van der Waals surface area contributed by atoms with Gasteiger partial charge in [-0.2, -0.15) is 0 Å². The highest BCUT2D eigenvalue weighted by molar-refractivity contribution is 5.87. The summed E-state index contributed by atoms with van der Waals surface area (Å²) in [6.45, 7) is 6.43. The smallest absolute Gasteiger partial charge is 0.407 e. The van der Waals surface area contributed by atoms with Gasteiger partial charge >= 0.3 is 12.2 Å². The van der Waals surface area contributed by atoms with Gasteiger partial charge in [-0.3, -0.25) is 9.59 Å². The molecule has 2 fully saturated rings. The molecule has 6 rings (SSSR count). The number of fused-ring (bicyclic) bond motifs is 1. The number of nitrogens with zero attached hydrogens (tertiary/aromatic N) is 4. The van der Waals surface area contributed by atoms with Crippen LogP contribution in [0.5, 0.6) is 0 Å². The van der Waals surface area contributed by atoms with E-state index in [0.717, 1.165) is 30.3 Å². The molecule has 2 saturated heterocycles. The molecule has 14 nitrogen and oxygen atoms in total. The van der Waals surface area contributed by atoms with Gasteiger partial charge in [0.2, 0.25) is 11.8 Å². The number of aromatic nitrogens is 4. The number of amides is 4. The van der Waals surface area contributed by atoms with Crippen LogP contribution in [0, 0.1) is 35.4 Å². The number of carbonyl (C=O) groups is 4. The number of halogens is 1. The summed E-state index contributed by atoms with van der Waals surface area (Å²) in [7, 11) is 2.50. The van der Waals surface area contributed by atoms with E-state index in [1.165, 1.54) is 20.3 Å². The number of likely N-dealkylation sites (tertiary alicyclic amines) is 2. The number of alkyl carbamates (subject to hydrolysis) is 2. The number of nitrogens with one attached hydrogen (secondary N) is 4. The van der Waals surface area contributed by atoms with Crippen molar-refractivity contribution in [1.29, 1.82) is 0 Å². The van der Waals surface area contributed by atoms with Gasteiger partial charge in [-0.1, -0.05) is 25.7 Å². The molecule has 2 aromatic carbocycles. The largest absolute Gasteiger partial charge is 0.453 e. The summed E-state index contributed by atoms with van der Waals surface area (Å²) in [5, 5.41) is 5.24. The van der Waals surface area contributed by atoms with Crippen LogP contribution >= 0.6 is 0 Å². The van der Waals surface area contributed by atoms with Crippen molar-refractivity contribution >= 4 is 35.0 Å². The van der Waals surface area contributed by atoms with Crippen LogP contribution < -0.4 is 10.6 Å². The van der Waals surface area contributed by atoms with Crippen LogP contribution in [0.15, 0.2) is 42.6 Å². The maximum atomic E-state index is 15.5. The lowest BCUT2D eigenvalue weighted by atomic mass is 10.0. The van der Waals surface area contributed by atoms with Gasteiger partial charge in [0.1, 0.15) is 29.5 Å². The first-order valence-electron chi connectivity index (χ1n) is 18.6. The van der Waals surface area contributed by atoms with Crippen LogP contribution in [0.2, 0.25) is 0 Å². The molecule has 0 bridgehead atoms. The Labute approximate surface area is 324 Å². The molecule has 0 aliphatic carbocycles. The van der Waals surface area contributed by atoms with Crippen molar-refractivity contribution in [1.82, 2.24) is 40.4 Å². The highest BCUT2D eigenvalue weighted by Crippen LogP contribution is 2.34. The van der Waals surface area contributed by atoms with E-state index >= 15 is 4.39 Å². The molecule has 0 saturated carbocycles. The summed E-state index contributed by atoms with van der Waals surface area (Å²) >= 11 is 0. The van der Waals surface area contributed by atoms with E-state index in [2.05, 4.69) is 49.3 Å². The van der Waals surface area contributed by atoms with Gasteiger partial charge < -0.3 is 39.9 Å². The highest BCUT2D eigenvalue weighted by Gasteiger charge is 2.38. The Morgan fingerprint density at radius 2 is 1.54 bits per heavy atom. The number of H-pyrrole nitrogens is 2. The third-order valence-electron chi connectivity index (χ3n) is 10.1. The monoisotopic (exact) mass is 764 g/mol. The van der Waals surface area contributed by atoms with E-state index in [1.54, 1.807) is 35.1 Å². The number of ether oxygens (including phenoxy) is 2. The summed E-state index contributed by atoms with van der Waals surface area (Å²) in [5.74, 6) is 11.8. The molecule has 15 heteroatoms. The zero-order chi connectivity index (χ0) is 39.9. The Hall–Kier alpha value is -6.35. The number of rotatable bonds is 9. The quantitative estimate of drug-likeness (QED) is 0.165. The van der Waals surface area contributed by atoms with E-state index in [-0.39, 0.29) is 36.2 Å². The Balaban J connectivity index is 1.14. The Kier molecular flexibility index (Phi) is 12.2. The van der Waals surface area contributed by atoms with Gasteiger partial charge in [-0.05, 0) is 74.9 Å². The second-order valence-corrected chi connectivity index (χ2v) is 14.0. The summed E-state index contributed by atoms with van der Waals surface area (Å²) in [6.07, 6.45) is 3.23. The minimum Gasteiger partial charge on any atom is -0.453 e. The normalized spacial score (nSPS) is 17.4. The van der Waals surface area contributed by atoms with Crippen LogP contribution in [-0.4, -0.2) is 93.1 Å². The van der Waals surface area contributed by atoms with E-state index < -0.39 is 30.1 Å². The van der Waals surface area contributed by atoms with Crippen molar-refractivity contribution in [2.45, 2.75) is 77.0 Å². The zero-order valence-electron chi connectivity index (χ0n) is 32.0. The molecular formula is C41H45FN8O6. The molecule has 56 heavy (non-hydrogen) atoms. The minimum absolute atomic E-state index is 0.137. The lowest BCUT2D eigenvalue weighted by Crippen LogP contribution is -2.51. The minimum atomic E-state index is -0.878. The van der Waals surface area contributed by atoms with Gasteiger partial charge in [0.25, 0.3) is 0 Å². The molecule has 2 aliphatic heterocycles. The number of hydrogen-bond donors (Lipinski definition) is 4. The van der Waals surface area contributed by atoms with Gasteiger partial charge in [-0.25, -0.2) is 23.9 Å². The van der Waals surface area contributed by atoms with Crippen LogP contribution in [0.1, 0.15) is 87.7 Å². The molecular weight excluding hydrogens is 719 g/mol. The molecule has 4 aromatic rings. The second kappa shape index (κ2) is 17.4. The lowest BCUT2D eigenvalue weighted by Gasteiger charge is -2.29. The number of imidazole rings is 2. The fourth-order valence-corrected chi connectivity index (χ4v) is 7.18. The van der Waals surface area contributed by atoms with Gasteiger partial charge in [-0.15, -0.1) is 11.8 Å². The van der Waals surface area contributed by atoms with Crippen molar-refractivity contribution in [3.05, 3.63) is 71.2 Å². The van der Waals surface area contributed by atoms with Crippen LogP contribution in [0.25, 0.3) is 22.3 Å². The topological polar surface area (TPSA) is 175 Å². The summed E-state index contributed by atoms with van der Waals surface area (Å²) in [5.41, 5.74) is 3.41. The molecule has 4 N–H and O–H groups in total. The van der Waals surface area contributed by atoms with Crippen molar-refractivity contribution in [3.63, 3.8) is 0 Å². The lowest BCUT2D eigenvalue weighted by molar-refractivity contribution is -0.135. The average molecular weight is 765 g/mol. The Morgan fingerprint density at radius 1 is 0.893 bits per heavy atom. The van der Waals surface area contributed by atoms with Crippen LogP contribution in [0.4, 0.5) is 14.0 Å². The molecule has 4 heterocycles. The maximum Gasteiger partial charge on any atom is 0.407 e. The predicted octanol–water partition coefficient (Wildman–Crippen LogP) is 5.34. The first kappa shape index (κ1) is 39.3. The number of hydrogen-bond acceptors (Lipinski definition) is 8. The van der Waals surface area contributed by atoms with Crippen LogP contribution in [-0.2, 0) is 19.1 Å². The maximum absolute atomic E-state index is 15.5. The SMILES string of the molecule is CC#CC[C@H](NC(=O)OC)C(=O)N1CCC[C@H]1c1ncc(-c2ccc(C#Cc3ccc4nc([C@@H]5CCCN5C(=O)C(NC(=O)OC)C(C)C)[nH]c4c3)cc2F)[nH]1. The molecule has 0 spiro atoms. The fraction of sp³-hybridized carbons (Fsp3) is 0.415. The van der Waals surface area contributed by atoms with Gasteiger partial charge in [0.05, 0.1) is 49.2 Å². The van der Waals surface area contributed by atoms with E-state index in [4.69, 9.17) is 14.5 Å². The second-order valence-electron chi connectivity index (χ2n) is 14.0. The summed E-state index contributed by atoms with van der Waals surface area (Å²) in [6, 6.07) is 8.03. The van der Waals surface area contributed by atoms with Crippen molar-refractivity contribution < 1.29 is 33.0 Å². The fourth-order valence-electron chi connectivity index (χ4n) is 7.18. The number of aromatic amines is 2. The van der Waals surface area contributed by atoms with E-state index in [1.807, 2.05) is 32.0 Å². The van der Waals surface area contributed by atoms with Gasteiger partial charge in [0, 0.05) is 36.2 Å². The van der Waals surface area contributed by atoms with Crippen molar-refractivity contribution in [3.8, 4) is 34.9 Å². The molecule has 4 amide bonds. The molecule has 292 valence electrons. The molecule has 4 atom stereocenters. The summed E-state index contributed by atoms with van der Waals surface area (Å²) < 4.78 is 25.0.